The van der Waals surface area contributed by atoms with E-state index in [1.807, 2.05) is 4.90 Å². The molecule has 2 fully saturated rings. The van der Waals surface area contributed by atoms with Crippen LogP contribution in [0.5, 0.6) is 5.75 Å². The maximum Gasteiger partial charge on any atom is 0.387 e. The van der Waals surface area contributed by atoms with Gasteiger partial charge in [0, 0.05) is 24.2 Å². The van der Waals surface area contributed by atoms with Crippen LogP contribution in [0.15, 0.2) is 24.3 Å². The van der Waals surface area contributed by atoms with Crippen LogP contribution in [0.2, 0.25) is 0 Å². The number of carbonyl (C=O) groups excluding carboxylic acids is 1. The van der Waals surface area contributed by atoms with Gasteiger partial charge in [-0.3, -0.25) is 4.79 Å². The molecule has 1 saturated heterocycles. The van der Waals surface area contributed by atoms with Crippen molar-refractivity contribution >= 4 is 5.91 Å². The van der Waals surface area contributed by atoms with Crippen LogP contribution in [0.1, 0.15) is 23.2 Å². The number of alkyl halides is 2. The zero-order chi connectivity index (χ0) is 14.3. The Morgan fingerprint density at radius 2 is 2.00 bits per heavy atom. The van der Waals surface area contributed by atoms with Gasteiger partial charge < -0.3 is 15.4 Å². The second-order valence-electron chi connectivity index (χ2n) is 5.34. The molecule has 3 atom stereocenters. The molecule has 1 aliphatic carbocycles. The predicted octanol–water partition coefficient (Wildman–Crippen LogP) is 1.85. The molecule has 3 rings (SSSR count). The minimum absolute atomic E-state index is 0.0520. The second-order valence-corrected chi connectivity index (χ2v) is 5.34. The van der Waals surface area contributed by atoms with E-state index in [2.05, 4.69) is 4.74 Å². The summed E-state index contributed by atoms with van der Waals surface area (Å²) in [6.07, 6.45) is 2.03. The number of likely N-dealkylation sites (tertiary alicyclic amines) is 1. The molecule has 108 valence electrons. The lowest BCUT2D eigenvalue weighted by Gasteiger charge is -2.27. The summed E-state index contributed by atoms with van der Waals surface area (Å²) in [5, 5.41) is 0. The molecule has 0 radical (unpaired) electrons. The van der Waals surface area contributed by atoms with Gasteiger partial charge in [-0.05, 0) is 43.0 Å². The number of amides is 1. The van der Waals surface area contributed by atoms with E-state index in [1.54, 1.807) is 0 Å². The fraction of sp³-hybridized carbons (Fsp3) is 0.500. The van der Waals surface area contributed by atoms with Gasteiger partial charge in [0.2, 0.25) is 0 Å². The molecule has 2 bridgehead atoms. The monoisotopic (exact) mass is 282 g/mol. The molecule has 4 nitrogen and oxygen atoms in total. The predicted molar refractivity (Wildman–Crippen MR) is 68.6 cm³/mol. The molecule has 1 heterocycles. The first kappa shape index (κ1) is 13.3. The van der Waals surface area contributed by atoms with E-state index < -0.39 is 6.61 Å². The standard InChI is InChI=1S/C14H16F2N2O2/c15-14(16)20-10-4-1-8(2-5-10)13(19)18-7-9-3-6-11(18)12(9)17/h1-2,4-5,9,11-12,14H,3,6-7,17H2/t9-,11-,12-/m1/s1. The molecule has 2 N–H and O–H groups in total. The highest BCUT2D eigenvalue weighted by Crippen LogP contribution is 2.37. The van der Waals surface area contributed by atoms with Crippen molar-refractivity contribution in [2.75, 3.05) is 6.54 Å². The normalized spacial score (nSPS) is 28.2. The third-order valence-electron chi connectivity index (χ3n) is 4.24. The molecule has 0 unspecified atom stereocenters. The van der Waals surface area contributed by atoms with E-state index in [1.165, 1.54) is 24.3 Å². The summed E-state index contributed by atoms with van der Waals surface area (Å²) in [6.45, 7) is -2.16. The van der Waals surface area contributed by atoms with E-state index in [0.29, 0.717) is 18.0 Å². The number of benzene rings is 1. The summed E-state index contributed by atoms with van der Waals surface area (Å²) in [7, 11) is 0. The highest BCUT2D eigenvalue weighted by Gasteiger charge is 2.46. The van der Waals surface area contributed by atoms with E-state index in [9.17, 15) is 13.6 Å². The third kappa shape index (κ3) is 2.24. The molecule has 20 heavy (non-hydrogen) atoms. The van der Waals surface area contributed by atoms with Crippen molar-refractivity contribution < 1.29 is 18.3 Å². The maximum absolute atomic E-state index is 12.4. The number of ether oxygens (including phenoxy) is 1. The van der Waals surface area contributed by atoms with Crippen LogP contribution in [0, 0.1) is 5.92 Å². The number of rotatable bonds is 3. The van der Waals surface area contributed by atoms with Gasteiger partial charge in [0.25, 0.3) is 5.91 Å². The lowest BCUT2D eigenvalue weighted by Crippen LogP contribution is -2.41. The van der Waals surface area contributed by atoms with Crippen molar-refractivity contribution in [3.63, 3.8) is 0 Å². The van der Waals surface area contributed by atoms with Crippen molar-refractivity contribution in [2.45, 2.75) is 31.5 Å². The first-order valence-electron chi connectivity index (χ1n) is 6.67. The lowest BCUT2D eigenvalue weighted by atomic mass is 10.1. The Bertz CT molecular complexity index is 506. The highest BCUT2D eigenvalue weighted by atomic mass is 19.3. The second kappa shape index (κ2) is 5.01. The summed E-state index contributed by atoms with van der Waals surface area (Å²) >= 11 is 0. The summed E-state index contributed by atoms with van der Waals surface area (Å²) in [5.74, 6) is 0.359. The Labute approximate surface area is 115 Å². The first-order valence-corrected chi connectivity index (χ1v) is 6.67. The van der Waals surface area contributed by atoms with Crippen LogP contribution in [0.25, 0.3) is 0 Å². The molecular weight excluding hydrogens is 266 g/mol. The van der Waals surface area contributed by atoms with Crippen LogP contribution in [0.3, 0.4) is 0 Å². The Morgan fingerprint density at radius 1 is 1.30 bits per heavy atom. The zero-order valence-electron chi connectivity index (χ0n) is 10.8. The van der Waals surface area contributed by atoms with Crippen LogP contribution in [-0.4, -0.2) is 36.0 Å². The average Bonchev–Trinajstić information content (AvgIpc) is 2.94. The maximum atomic E-state index is 12.4. The van der Waals surface area contributed by atoms with Gasteiger partial charge in [-0.15, -0.1) is 0 Å². The molecule has 1 aromatic carbocycles. The third-order valence-corrected chi connectivity index (χ3v) is 4.24. The first-order chi connectivity index (χ1) is 9.56. The summed E-state index contributed by atoms with van der Waals surface area (Å²) < 4.78 is 28.4. The number of carbonyl (C=O) groups is 1. The molecule has 1 aliphatic heterocycles. The van der Waals surface area contributed by atoms with E-state index in [0.717, 1.165) is 12.8 Å². The Balaban J connectivity index is 1.72. The number of hydrogen-bond acceptors (Lipinski definition) is 3. The van der Waals surface area contributed by atoms with Crippen LogP contribution in [-0.2, 0) is 0 Å². The fourth-order valence-corrected chi connectivity index (χ4v) is 3.23. The molecule has 1 amide bonds. The van der Waals surface area contributed by atoms with E-state index in [4.69, 9.17) is 5.73 Å². The number of nitrogens with two attached hydrogens (primary N) is 1. The number of halogens is 2. The van der Waals surface area contributed by atoms with Crippen LogP contribution >= 0.6 is 0 Å². The van der Waals surface area contributed by atoms with Gasteiger partial charge in [0.1, 0.15) is 5.75 Å². The minimum atomic E-state index is -2.86. The summed E-state index contributed by atoms with van der Waals surface area (Å²) in [5.41, 5.74) is 6.55. The lowest BCUT2D eigenvalue weighted by molar-refractivity contribution is -0.0498. The number of hydrogen-bond donors (Lipinski definition) is 1. The molecule has 1 aromatic rings. The van der Waals surface area contributed by atoms with E-state index in [-0.39, 0.29) is 23.7 Å². The van der Waals surface area contributed by atoms with Crippen molar-refractivity contribution in [1.82, 2.24) is 4.90 Å². The SMILES string of the molecule is N[C@@H]1[C@@H]2CC[C@H]1N(C(=O)c1ccc(OC(F)F)cc1)C2. The summed E-state index contributed by atoms with van der Waals surface area (Å²) in [4.78, 5) is 14.2. The van der Waals surface area contributed by atoms with Crippen LogP contribution in [0.4, 0.5) is 8.78 Å². The number of piperidine rings is 1. The van der Waals surface area contributed by atoms with Gasteiger partial charge in [0.05, 0.1) is 0 Å². The van der Waals surface area contributed by atoms with Crippen molar-refractivity contribution in [3.05, 3.63) is 29.8 Å². The molecule has 1 saturated carbocycles. The van der Waals surface area contributed by atoms with Gasteiger partial charge in [-0.1, -0.05) is 0 Å². The van der Waals surface area contributed by atoms with Gasteiger partial charge in [0.15, 0.2) is 0 Å². The molecular formula is C14H16F2N2O2. The quantitative estimate of drug-likeness (QED) is 0.920. The molecule has 0 aromatic heterocycles. The van der Waals surface area contributed by atoms with Gasteiger partial charge in [-0.2, -0.15) is 8.78 Å². The zero-order valence-corrected chi connectivity index (χ0v) is 10.8. The number of nitrogens with zero attached hydrogens (tertiary/aromatic N) is 1. The fourth-order valence-electron chi connectivity index (χ4n) is 3.23. The Kier molecular flexibility index (Phi) is 3.33. The van der Waals surface area contributed by atoms with Crippen molar-refractivity contribution in [3.8, 4) is 5.75 Å². The minimum Gasteiger partial charge on any atom is -0.435 e. The average molecular weight is 282 g/mol. The van der Waals surface area contributed by atoms with Gasteiger partial charge >= 0.3 is 6.61 Å². The topological polar surface area (TPSA) is 55.6 Å². The Hall–Kier alpha value is -1.69. The molecule has 2 aliphatic rings. The number of fused-ring (bicyclic) bond motifs is 2. The van der Waals surface area contributed by atoms with Crippen molar-refractivity contribution in [2.24, 2.45) is 11.7 Å². The van der Waals surface area contributed by atoms with Gasteiger partial charge in [-0.25, -0.2) is 0 Å². The largest absolute Gasteiger partial charge is 0.435 e. The van der Waals surface area contributed by atoms with E-state index >= 15 is 0 Å². The van der Waals surface area contributed by atoms with Crippen molar-refractivity contribution in [1.29, 1.82) is 0 Å². The Morgan fingerprint density at radius 3 is 2.50 bits per heavy atom. The molecule has 0 spiro atoms. The van der Waals surface area contributed by atoms with Crippen LogP contribution < -0.4 is 10.5 Å². The highest BCUT2D eigenvalue weighted by molar-refractivity contribution is 5.95. The summed E-state index contributed by atoms with van der Waals surface area (Å²) in [6, 6.07) is 5.97. The smallest absolute Gasteiger partial charge is 0.387 e. The molecule has 6 heteroatoms.